The van der Waals surface area contributed by atoms with E-state index in [4.69, 9.17) is 10.5 Å². The molecule has 0 aromatic heterocycles. The summed E-state index contributed by atoms with van der Waals surface area (Å²) in [6.07, 6.45) is 2.33. The summed E-state index contributed by atoms with van der Waals surface area (Å²) in [6, 6.07) is 10.0. The molecular weight excluding hydrogens is 562 g/mol. The quantitative estimate of drug-likeness (QED) is 0.118. The molecule has 0 fully saturated rings. The topological polar surface area (TPSA) is 84.7 Å². The Morgan fingerprint density at radius 1 is 0.953 bits per heavy atom. The average Bonchev–Trinajstić information content (AvgIpc) is 2.94. The molecule has 0 radical (unpaired) electrons. The average molecular weight is 610 g/mol. The second kappa shape index (κ2) is 19.2. The molecule has 2 amide bonds. The molecule has 3 N–H and O–H groups in total. The van der Waals surface area contributed by atoms with Crippen LogP contribution in [0.1, 0.15) is 88.3 Å². The van der Waals surface area contributed by atoms with Crippen molar-refractivity contribution in [3.8, 4) is 5.75 Å². The fraction of sp³-hybridized carbons (Fsp3) is 0.576. The van der Waals surface area contributed by atoms with E-state index < -0.39 is 17.6 Å². The number of halogens is 4. The molecule has 0 aliphatic heterocycles. The van der Waals surface area contributed by atoms with Crippen LogP contribution in [0, 0.1) is 11.7 Å². The van der Waals surface area contributed by atoms with Gasteiger partial charge >= 0.3 is 6.18 Å². The number of alkyl halides is 3. The number of nitrogens with two attached hydrogens (primary N) is 1. The first-order valence-corrected chi connectivity index (χ1v) is 15.4. The summed E-state index contributed by atoms with van der Waals surface area (Å²) in [5.74, 6) is -0.0538. The summed E-state index contributed by atoms with van der Waals surface area (Å²) >= 11 is 0. The third-order valence-electron chi connectivity index (χ3n) is 7.23. The number of benzene rings is 2. The minimum Gasteiger partial charge on any atom is -0.493 e. The van der Waals surface area contributed by atoms with Crippen LogP contribution in [0.15, 0.2) is 42.5 Å². The molecule has 1 atom stereocenters. The molecule has 0 spiro atoms. The van der Waals surface area contributed by atoms with Crippen LogP contribution in [0.4, 0.5) is 17.6 Å². The Labute approximate surface area is 253 Å². The zero-order valence-electron chi connectivity index (χ0n) is 25.5. The Kier molecular flexibility index (Phi) is 16.1. The van der Waals surface area contributed by atoms with Crippen molar-refractivity contribution < 1.29 is 31.9 Å². The van der Waals surface area contributed by atoms with Gasteiger partial charge in [0.1, 0.15) is 11.6 Å². The van der Waals surface area contributed by atoms with Gasteiger partial charge in [-0.3, -0.25) is 9.59 Å². The molecule has 2 rings (SSSR count). The van der Waals surface area contributed by atoms with Gasteiger partial charge in [0.2, 0.25) is 11.8 Å². The lowest BCUT2D eigenvalue weighted by atomic mass is 10.00. The number of nitrogens with zero attached hydrogens (tertiary/aromatic N) is 1. The third kappa shape index (κ3) is 14.7. The zero-order chi connectivity index (χ0) is 31.7. The number of unbranched alkanes of at least 4 members (excludes halogenated alkanes) is 1. The standard InChI is InChI=1S/C33H47F4N3O3/c1-3-9-25(15-18-40(17-4-2)32(42)14-8-13-31(38)41)24-43-30-21-26(20-29(34)22-30)10-5-6-16-39-23-27-11-7-12-28(19-27)33(35,36)37/h7,11-12,19-22,25,39H,3-6,8-10,13-18,23-24H2,1-2H3,(H2,38,41). The van der Waals surface area contributed by atoms with Crippen LogP contribution in [0.2, 0.25) is 0 Å². The van der Waals surface area contributed by atoms with Crippen LogP contribution < -0.4 is 15.8 Å². The monoisotopic (exact) mass is 609 g/mol. The van der Waals surface area contributed by atoms with E-state index in [1.807, 2.05) is 17.9 Å². The van der Waals surface area contributed by atoms with Crippen molar-refractivity contribution in [2.24, 2.45) is 11.7 Å². The van der Waals surface area contributed by atoms with Gasteiger partial charge in [0.05, 0.1) is 12.2 Å². The molecule has 1 unspecified atom stereocenters. The minimum atomic E-state index is -4.36. The number of ether oxygens (including phenoxy) is 1. The van der Waals surface area contributed by atoms with Gasteiger partial charge in [0.15, 0.2) is 0 Å². The predicted octanol–water partition coefficient (Wildman–Crippen LogP) is 7.04. The molecule has 6 nitrogen and oxygen atoms in total. The molecule has 10 heteroatoms. The van der Waals surface area contributed by atoms with Crippen LogP contribution in [0.3, 0.4) is 0 Å². The number of carbonyl (C=O) groups is 2. The molecule has 0 aliphatic rings. The SMILES string of the molecule is CCCC(CCN(CCC)C(=O)CCCC(N)=O)COc1cc(F)cc(CCCCNCc2cccc(C(F)(F)F)c2)c1. The van der Waals surface area contributed by atoms with Gasteiger partial charge in [-0.2, -0.15) is 13.2 Å². The number of rotatable bonds is 21. The highest BCUT2D eigenvalue weighted by atomic mass is 19.4. The van der Waals surface area contributed by atoms with Gasteiger partial charge in [0, 0.05) is 38.5 Å². The molecule has 2 aromatic carbocycles. The van der Waals surface area contributed by atoms with Crippen LogP contribution >= 0.6 is 0 Å². The molecule has 43 heavy (non-hydrogen) atoms. The van der Waals surface area contributed by atoms with Crippen molar-refractivity contribution in [3.05, 3.63) is 65.0 Å². The van der Waals surface area contributed by atoms with E-state index in [2.05, 4.69) is 12.2 Å². The predicted molar refractivity (Wildman–Crippen MR) is 161 cm³/mol. The summed E-state index contributed by atoms with van der Waals surface area (Å²) < 4.78 is 59.1. The Balaban J connectivity index is 1.80. The molecule has 0 aliphatic carbocycles. The van der Waals surface area contributed by atoms with Crippen LogP contribution in [0.5, 0.6) is 5.75 Å². The van der Waals surface area contributed by atoms with Gasteiger partial charge in [-0.25, -0.2) is 4.39 Å². The molecule has 0 heterocycles. The number of amides is 2. The van der Waals surface area contributed by atoms with Crippen LogP contribution in [0.25, 0.3) is 0 Å². The molecule has 240 valence electrons. The maximum absolute atomic E-state index is 14.4. The summed E-state index contributed by atoms with van der Waals surface area (Å²) in [7, 11) is 0. The normalized spacial score (nSPS) is 12.2. The van der Waals surface area contributed by atoms with Crippen molar-refractivity contribution >= 4 is 11.8 Å². The Bertz CT molecular complexity index is 1130. The van der Waals surface area contributed by atoms with E-state index in [0.717, 1.165) is 56.2 Å². The van der Waals surface area contributed by atoms with Crippen molar-refractivity contribution in [3.63, 3.8) is 0 Å². The van der Waals surface area contributed by atoms with Crippen molar-refractivity contribution in [2.75, 3.05) is 26.2 Å². The first-order chi connectivity index (χ1) is 20.5. The summed E-state index contributed by atoms with van der Waals surface area (Å²) in [5.41, 5.74) is 5.94. The molecule has 0 saturated heterocycles. The van der Waals surface area contributed by atoms with Crippen molar-refractivity contribution in [1.82, 2.24) is 10.2 Å². The highest BCUT2D eigenvalue weighted by Gasteiger charge is 2.30. The van der Waals surface area contributed by atoms with E-state index in [1.165, 1.54) is 18.2 Å². The highest BCUT2D eigenvalue weighted by Crippen LogP contribution is 2.29. The lowest BCUT2D eigenvalue weighted by Gasteiger charge is -2.25. The van der Waals surface area contributed by atoms with Gasteiger partial charge in [-0.05, 0) is 86.7 Å². The van der Waals surface area contributed by atoms with E-state index in [9.17, 15) is 27.2 Å². The summed E-state index contributed by atoms with van der Waals surface area (Å²) in [5, 5.41) is 3.17. The third-order valence-corrected chi connectivity index (χ3v) is 7.23. The van der Waals surface area contributed by atoms with Crippen molar-refractivity contribution in [2.45, 2.75) is 90.8 Å². The largest absolute Gasteiger partial charge is 0.493 e. The van der Waals surface area contributed by atoms with E-state index >= 15 is 0 Å². The van der Waals surface area contributed by atoms with Gasteiger partial charge in [0.25, 0.3) is 0 Å². The second-order valence-electron chi connectivity index (χ2n) is 11.1. The number of primary amides is 1. The Morgan fingerprint density at radius 3 is 2.44 bits per heavy atom. The Morgan fingerprint density at radius 2 is 1.74 bits per heavy atom. The number of aryl methyl sites for hydroxylation is 1. The maximum Gasteiger partial charge on any atom is 0.416 e. The Hall–Kier alpha value is -3.14. The molecule has 2 aromatic rings. The van der Waals surface area contributed by atoms with Gasteiger partial charge in [-0.15, -0.1) is 0 Å². The fourth-order valence-electron chi connectivity index (χ4n) is 4.99. The maximum atomic E-state index is 14.4. The lowest BCUT2D eigenvalue weighted by Crippen LogP contribution is -2.34. The lowest BCUT2D eigenvalue weighted by molar-refractivity contribution is -0.137. The molecule has 0 bridgehead atoms. The fourth-order valence-corrected chi connectivity index (χ4v) is 4.99. The first-order valence-electron chi connectivity index (χ1n) is 15.4. The van der Waals surface area contributed by atoms with Gasteiger partial charge in [-0.1, -0.05) is 38.5 Å². The van der Waals surface area contributed by atoms with Crippen LogP contribution in [-0.4, -0.2) is 43.0 Å². The van der Waals surface area contributed by atoms with Crippen LogP contribution in [-0.2, 0) is 28.7 Å². The van der Waals surface area contributed by atoms with Crippen molar-refractivity contribution in [1.29, 1.82) is 0 Å². The number of hydrogen-bond acceptors (Lipinski definition) is 4. The second-order valence-corrected chi connectivity index (χ2v) is 11.1. The number of carbonyl (C=O) groups excluding carboxylic acids is 2. The van der Waals surface area contributed by atoms with E-state index in [0.29, 0.717) is 63.4 Å². The highest BCUT2D eigenvalue weighted by molar-refractivity contribution is 5.78. The molecule has 0 saturated carbocycles. The molecular formula is C33H47F4N3O3. The number of hydrogen-bond donors (Lipinski definition) is 2. The smallest absolute Gasteiger partial charge is 0.416 e. The summed E-state index contributed by atoms with van der Waals surface area (Å²) in [6.45, 7) is 6.79. The van der Waals surface area contributed by atoms with E-state index in [-0.39, 0.29) is 24.1 Å². The van der Waals surface area contributed by atoms with E-state index in [1.54, 1.807) is 6.07 Å². The first kappa shape index (κ1) is 36.1. The minimum absolute atomic E-state index is 0.0277. The summed E-state index contributed by atoms with van der Waals surface area (Å²) in [4.78, 5) is 25.5. The number of nitrogens with one attached hydrogen (secondary N) is 1. The van der Waals surface area contributed by atoms with Gasteiger partial charge < -0.3 is 20.7 Å². The zero-order valence-corrected chi connectivity index (χ0v) is 25.5.